The van der Waals surface area contributed by atoms with Crippen LogP contribution >= 0.6 is 0 Å². The van der Waals surface area contributed by atoms with Crippen molar-refractivity contribution in [1.82, 2.24) is 9.47 Å². The fraction of sp³-hybridized carbons (Fsp3) is 0.143. The van der Waals surface area contributed by atoms with Gasteiger partial charge in [-0.25, -0.2) is 4.57 Å². The fourth-order valence-electron chi connectivity index (χ4n) is 5.74. The minimum atomic E-state index is -0.359. The summed E-state index contributed by atoms with van der Waals surface area (Å²) in [5.74, 6) is -0.359. The van der Waals surface area contributed by atoms with Gasteiger partial charge in [-0.05, 0) is 12.1 Å². The van der Waals surface area contributed by atoms with Gasteiger partial charge in [0.25, 0.3) is 0 Å². The Morgan fingerprint density at radius 2 is 1.32 bits per heavy atom. The average Bonchev–Trinajstić information content (AvgIpc) is 3.38. The number of allylic oxidation sites excluding steroid dienone is 4. The molecule has 7 aliphatic rings. The maximum atomic E-state index is 2.65. The summed E-state index contributed by atoms with van der Waals surface area (Å²) in [6.07, 6.45) is 23.2. The Bertz CT molecular complexity index is 1210. The smallest absolute Gasteiger partial charge is 0.205 e. The van der Waals surface area contributed by atoms with Crippen molar-refractivity contribution < 1.29 is 9.15 Å². The van der Waals surface area contributed by atoms with Crippen molar-refractivity contribution in [2.24, 2.45) is 0 Å². The van der Waals surface area contributed by atoms with E-state index in [1.165, 1.54) is 33.5 Å². The summed E-state index contributed by atoms with van der Waals surface area (Å²) < 4.78 is 7.56. The lowest BCUT2D eigenvalue weighted by Gasteiger charge is -2.45. The third-order valence-corrected chi connectivity index (χ3v) is 6.49. The van der Waals surface area contributed by atoms with Crippen LogP contribution in [-0.4, -0.2) is 42.1 Å². The number of hydrogen-bond acceptors (Lipinski definition) is 1. The molecule has 2 atom stereocenters. The molecule has 0 amide bonds. The van der Waals surface area contributed by atoms with Crippen LogP contribution in [0.5, 0.6) is 0 Å². The van der Waals surface area contributed by atoms with E-state index in [2.05, 4.69) is 91.5 Å². The molecule has 4 heteroatoms. The Kier molecular flexibility index (Phi) is 1.50. The molecule has 0 bridgehead atoms. The van der Waals surface area contributed by atoms with E-state index in [-0.39, 0.29) is 5.91 Å². The summed E-state index contributed by atoms with van der Waals surface area (Å²) in [5, 5.41) is 2.56. The number of aromatic nitrogens is 1. The van der Waals surface area contributed by atoms with Gasteiger partial charge < -0.3 is 0 Å². The van der Waals surface area contributed by atoms with Crippen LogP contribution in [0.25, 0.3) is 12.2 Å². The van der Waals surface area contributed by atoms with Gasteiger partial charge in [0.15, 0.2) is 0 Å². The minimum absolute atomic E-state index is 0.319. The molecule has 1 aromatic rings. The number of hydrogen-bond donors (Lipinski definition) is 0. The molecule has 0 saturated heterocycles. The third kappa shape index (κ3) is 0.960. The van der Waals surface area contributed by atoms with Gasteiger partial charge in [0, 0.05) is 48.6 Å². The van der Waals surface area contributed by atoms with Crippen molar-refractivity contribution in [3.8, 4) is 0 Å². The second-order valence-corrected chi connectivity index (χ2v) is 7.55. The topological polar surface area (TPSA) is 14.2 Å². The van der Waals surface area contributed by atoms with Crippen LogP contribution in [0.1, 0.15) is 0 Å². The predicted octanol–water partition coefficient (Wildman–Crippen LogP) is 0.0947. The first kappa shape index (κ1) is 11.6. The van der Waals surface area contributed by atoms with E-state index < -0.39 is 0 Å². The molecule has 0 saturated carbocycles. The van der Waals surface area contributed by atoms with Gasteiger partial charge >= 0.3 is 5.91 Å². The van der Waals surface area contributed by atoms with Crippen molar-refractivity contribution >= 4 is 23.6 Å². The normalized spacial score (nSPS) is 36.3. The molecule has 1 spiro atoms. The second-order valence-electron chi connectivity index (χ2n) is 7.55. The van der Waals surface area contributed by atoms with Crippen LogP contribution in [0.3, 0.4) is 0 Å². The maximum Gasteiger partial charge on any atom is 0.528 e. The molecule has 2 unspecified atom stereocenters. The molecule has 116 valence electrons. The first-order chi connectivity index (χ1) is 12.4. The highest BCUT2D eigenvalue weighted by molar-refractivity contribution is 6.17. The Hall–Kier alpha value is -2.98. The Morgan fingerprint density at radius 1 is 0.760 bits per heavy atom. The molecule has 7 aliphatic heterocycles. The van der Waals surface area contributed by atoms with Crippen LogP contribution in [0.15, 0.2) is 72.1 Å². The summed E-state index contributed by atoms with van der Waals surface area (Å²) in [7, 11) is 0. The molecule has 25 heavy (non-hydrogen) atoms. The summed E-state index contributed by atoms with van der Waals surface area (Å²) in [6.45, 7) is 0. The maximum absolute atomic E-state index is 2.65. The van der Waals surface area contributed by atoms with Gasteiger partial charge in [0.2, 0.25) is 22.8 Å². The van der Waals surface area contributed by atoms with Crippen LogP contribution in [0, 0.1) is 0 Å². The van der Waals surface area contributed by atoms with Gasteiger partial charge in [0.05, 0.1) is 22.8 Å². The fourth-order valence-corrected chi connectivity index (χ4v) is 5.74. The lowest BCUT2D eigenvalue weighted by atomic mass is 10.0. The molecule has 0 fully saturated rings. The van der Waals surface area contributed by atoms with Crippen LogP contribution in [0.4, 0.5) is 0 Å². The van der Waals surface area contributed by atoms with E-state index in [4.69, 9.17) is 0 Å². The quantitative estimate of drug-likeness (QED) is 0.488. The van der Waals surface area contributed by atoms with Crippen molar-refractivity contribution in [2.45, 2.75) is 18.0 Å². The number of nitrogens with zero attached hydrogens (tertiary/aromatic N) is 4. The van der Waals surface area contributed by atoms with Gasteiger partial charge in [-0.1, -0.05) is 21.3 Å². The zero-order valence-electron chi connectivity index (χ0n) is 13.4. The largest absolute Gasteiger partial charge is 0.528 e. The monoisotopic (exact) mass is 322 g/mol. The molecule has 0 radical (unpaired) electrons. The van der Waals surface area contributed by atoms with Crippen molar-refractivity contribution in [3.63, 3.8) is 0 Å². The molecule has 0 aromatic carbocycles. The molecule has 1 aromatic heterocycles. The molecular weight excluding hydrogens is 308 g/mol. The Morgan fingerprint density at radius 3 is 1.88 bits per heavy atom. The van der Waals surface area contributed by atoms with Crippen molar-refractivity contribution in [1.29, 1.82) is 0 Å². The van der Waals surface area contributed by atoms with Gasteiger partial charge in [-0.2, -0.15) is 0 Å². The predicted molar refractivity (Wildman–Crippen MR) is 94.1 cm³/mol. The van der Waals surface area contributed by atoms with Crippen LogP contribution in [0.2, 0.25) is 0 Å². The zero-order valence-corrected chi connectivity index (χ0v) is 13.4. The van der Waals surface area contributed by atoms with E-state index >= 15 is 0 Å². The number of rotatable bonds is 0. The summed E-state index contributed by atoms with van der Waals surface area (Å²) in [6, 6.07) is 5.15. The minimum Gasteiger partial charge on any atom is -0.205 e. The molecule has 0 N–H and O–H groups in total. The first-order valence-electron chi connectivity index (χ1n) is 8.88. The van der Waals surface area contributed by atoms with Crippen molar-refractivity contribution in [3.05, 3.63) is 82.8 Å². The van der Waals surface area contributed by atoms with E-state index in [1.807, 2.05) is 0 Å². The SMILES string of the molecule is C1=CC2=[N+]3C1=CC1C=CC4C=C5C=CC6=[N+]5C3(N14)n1c(ccc1=C6)=C2. The molecule has 4 nitrogen and oxygen atoms in total. The first-order valence-corrected chi connectivity index (χ1v) is 8.88. The Balaban J connectivity index is 1.70. The van der Waals surface area contributed by atoms with Gasteiger partial charge in [-0.3, -0.25) is 0 Å². The lowest BCUT2D eigenvalue weighted by Crippen LogP contribution is -2.76. The van der Waals surface area contributed by atoms with Gasteiger partial charge in [0.1, 0.15) is 0 Å². The van der Waals surface area contributed by atoms with E-state index in [1.54, 1.807) is 0 Å². The highest BCUT2D eigenvalue weighted by atomic mass is 15.7. The summed E-state index contributed by atoms with van der Waals surface area (Å²) in [5.41, 5.74) is 5.17. The summed E-state index contributed by atoms with van der Waals surface area (Å²) in [4.78, 5) is 2.65. The van der Waals surface area contributed by atoms with Crippen LogP contribution < -0.4 is 10.7 Å². The van der Waals surface area contributed by atoms with Crippen LogP contribution in [-0.2, 0) is 5.91 Å². The Labute approximate surface area is 143 Å². The molecular formula is C21H14N4+2. The highest BCUT2D eigenvalue weighted by Gasteiger charge is 2.74. The second kappa shape index (κ2) is 3.24. The van der Waals surface area contributed by atoms with Crippen molar-refractivity contribution in [2.75, 3.05) is 0 Å². The third-order valence-electron chi connectivity index (χ3n) is 6.49. The molecule has 8 heterocycles. The van der Waals surface area contributed by atoms with E-state index in [0.717, 1.165) is 0 Å². The van der Waals surface area contributed by atoms with Gasteiger partial charge in [-0.15, -0.1) is 4.90 Å². The zero-order chi connectivity index (χ0) is 15.9. The van der Waals surface area contributed by atoms with E-state index in [0.29, 0.717) is 12.1 Å². The average molecular weight is 322 g/mol. The summed E-state index contributed by atoms with van der Waals surface area (Å²) >= 11 is 0. The highest BCUT2D eigenvalue weighted by Crippen LogP contribution is 2.47. The standard InChI is InChI=1S/C21H14N4/c1-2-14-10-16-5-6-18-12-20-8-7-19-11-17-4-3-15-9-13(1)22(14)21(23(15)17,24(16)18)25(19)20/h1-14H/q+2. The molecule has 8 rings (SSSR count). The van der Waals surface area contributed by atoms with E-state index in [9.17, 15) is 0 Å². The lowest BCUT2D eigenvalue weighted by molar-refractivity contribution is -0.861. The molecule has 0 aliphatic carbocycles.